The molecule has 2 amide bonds. The molecule has 1 fully saturated rings. The van der Waals surface area contributed by atoms with Crippen LogP contribution < -0.4 is 10.6 Å². The normalized spacial score (nSPS) is 23.1. The molecule has 0 spiro atoms. The molecule has 3 atom stereocenters. The maximum atomic E-state index is 12.5. The number of nitrogens with zero attached hydrogens (tertiary/aromatic N) is 1. The van der Waals surface area contributed by atoms with Gasteiger partial charge in [0, 0.05) is 31.4 Å². The van der Waals surface area contributed by atoms with Crippen molar-refractivity contribution in [2.75, 3.05) is 23.7 Å². The number of rotatable bonds is 4. The molecule has 126 valence electrons. The number of amides is 2. The molecule has 0 saturated carbocycles. The lowest BCUT2D eigenvalue weighted by Gasteiger charge is -2.38. The SMILES string of the molecule is CC(=O)Nc1ccc(NC(=O)[C@@H](C)N2C[C@H](C)C[C@H](C)C2)cc1. The fraction of sp³-hybridized carbons (Fsp3) is 0.556. The summed E-state index contributed by atoms with van der Waals surface area (Å²) in [6, 6.07) is 7.03. The molecule has 1 aromatic carbocycles. The van der Waals surface area contributed by atoms with Gasteiger partial charge in [-0.25, -0.2) is 0 Å². The van der Waals surface area contributed by atoms with Crippen molar-refractivity contribution in [1.29, 1.82) is 0 Å². The summed E-state index contributed by atoms with van der Waals surface area (Å²) >= 11 is 0. The van der Waals surface area contributed by atoms with Crippen LogP contribution in [0.5, 0.6) is 0 Å². The number of likely N-dealkylation sites (tertiary alicyclic amines) is 1. The summed E-state index contributed by atoms with van der Waals surface area (Å²) in [6.07, 6.45) is 1.23. The van der Waals surface area contributed by atoms with E-state index in [1.54, 1.807) is 24.3 Å². The van der Waals surface area contributed by atoms with E-state index in [4.69, 9.17) is 0 Å². The lowest BCUT2D eigenvalue weighted by atomic mass is 9.91. The summed E-state index contributed by atoms with van der Waals surface area (Å²) < 4.78 is 0. The Hall–Kier alpha value is -1.88. The quantitative estimate of drug-likeness (QED) is 0.897. The van der Waals surface area contributed by atoms with Crippen molar-refractivity contribution in [3.05, 3.63) is 24.3 Å². The Morgan fingerprint density at radius 1 is 1.04 bits per heavy atom. The molecule has 0 aromatic heterocycles. The maximum Gasteiger partial charge on any atom is 0.241 e. The van der Waals surface area contributed by atoms with Gasteiger partial charge >= 0.3 is 0 Å². The Morgan fingerprint density at radius 2 is 1.52 bits per heavy atom. The second kappa shape index (κ2) is 7.59. The zero-order chi connectivity index (χ0) is 17.0. The second-order valence-corrected chi connectivity index (χ2v) is 6.82. The first-order valence-electron chi connectivity index (χ1n) is 8.27. The summed E-state index contributed by atoms with van der Waals surface area (Å²) in [5.41, 5.74) is 1.47. The Morgan fingerprint density at radius 3 is 2.00 bits per heavy atom. The third kappa shape index (κ3) is 5.06. The number of nitrogens with one attached hydrogen (secondary N) is 2. The van der Waals surface area contributed by atoms with Gasteiger partial charge in [-0.15, -0.1) is 0 Å². The molecule has 1 aliphatic rings. The smallest absolute Gasteiger partial charge is 0.241 e. The first-order chi connectivity index (χ1) is 10.8. The lowest BCUT2D eigenvalue weighted by Crippen LogP contribution is -2.48. The van der Waals surface area contributed by atoms with E-state index in [9.17, 15) is 9.59 Å². The summed E-state index contributed by atoms with van der Waals surface area (Å²) in [6.45, 7) is 9.87. The van der Waals surface area contributed by atoms with Crippen LogP contribution in [-0.2, 0) is 9.59 Å². The van der Waals surface area contributed by atoms with Crippen LogP contribution in [0.2, 0.25) is 0 Å². The highest BCUT2D eigenvalue weighted by Gasteiger charge is 2.28. The van der Waals surface area contributed by atoms with E-state index in [1.807, 2.05) is 6.92 Å². The van der Waals surface area contributed by atoms with Gasteiger partial charge in [-0.3, -0.25) is 14.5 Å². The average molecular weight is 317 g/mol. The van der Waals surface area contributed by atoms with Gasteiger partial charge in [0.1, 0.15) is 0 Å². The monoisotopic (exact) mass is 317 g/mol. The van der Waals surface area contributed by atoms with Gasteiger partial charge < -0.3 is 10.6 Å². The Labute approximate surface area is 138 Å². The molecule has 5 heteroatoms. The standard InChI is InChI=1S/C18H27N3O2/c1-12-9-13(2)11-21(10-12)14(3)18(23)20-17-7-5-16(6-8-17)19-15(4)22/h5-8,12-14H,9-11H2,1-4H3,(H,19,22)(H,20,23)/t12-,13+,14-/m1/s1. The van der Waals surface area contributed by atoms with Crippen LogP contribution in [0.15, 0.2) is 24.3 Å². The van der Waals surface area contributed by atoms with E-state index in [2.05, 4.69) is 29.4 Å². The molecular formula is C18H27N3O2. The van der Waals surface area contributed by atoms with Crippen LogP contribution in [0.1, 0.15) is 34.1 Å². The number of carbonyl (C=O) groups is 2. The summed E-state index contributed by atoms with van der Waals surface area (Å²) in [5, 5.41) is 5.67. The Balaban J connectivity index is 1.94. The number of benzene rings is 1. The highest BCUT2D eigenvalue weighted by atomic mass is 16.2. The largest absolute Gasteiger partial charge is 0.326 e. The van der Waals surface area contributed by atoms with E-state index in [0.717, 1.165) is 24.5 Å². The Bertz CT molecular complexity index is 546. The van der Waals surface area contributed by atoms with Gasteiger partial charge in [0.05, 0.1) is 6.04 Å². The zero-order valence-electron chi connectivity index (χ0n) is 14.4. The highest BCUT2D eigenvalue weighted by Crippen LogP contribution is 2.23. The fourth-order valence-corrected chi connectivity index (χ4v) is 3.28. The van der Waals surface area contributed by atoms with Crippen LogP contribution in [0.3, 0.4) is 0 Å². The first kappa shape index (κ1) is 17.5. The molecule has 0 unspecified atom stereocenters. The number of piperidine rings is 1. The van der Waals surface area contributed by atoms with Crippen molar-refractivity contribution in [2.45, 2.75) is 40.2 Å². The van der Waals surface area contributed by atoms with E-state index in [1.165, 1.54) is 13.3 Å². The lowest BCUT2D eigenvalue weighted by molar-refractivity contribution is -0.121. The molecule has 2 N–H and O–H groups in total. The topological polar surface area (TPSA) is 61.4 Å². The minimum Gasteiger partial charge on any atom is -0.326 e. The van der Waals surface area contributed by atoms with Gasteiger partial charge in [0.15, 0.2) is 0 Å². The minimum atomic E-state index is -0.143. The number of hydrogen-bond acceptors (Lipinski definition) is 3. The van der Waals surface area contributed by atoms with Crippen molar-refractivity contribution >= 4 is 23.2 Å². The first-order valence-corrected chi connectivity index (χ1v) is 8.27. The molecule has 0 aliphatic carbocycles. The molecule has 2 rings (SSSR count). The van der Waals surface area contributed by atoms with E-state index < -0.39 is 0 Å². The molecule has 1 saturated heterocycles. The molecule has 0 radical (unpaired) electrons. The van der Waals surface area contributed by atoms with Gasteiger partial charge in [-0.2, -0.15) is 0 Å². The zero-order valence-corrected chi connectivity index (χ0v) is 14.4. The molecule has 1 heterocycles. The van der Waals surface area contributed by atoms with Crippen LogP contribution in [-0.4, -0.2) is 35.8 Å². The van der Waals surface area contributed by atoms with Crippen molar-refractivity contribution in [3.8, 4) is 0 Å². The minimum absolute atomic E-state index is 0.0126. The van der Waals surface area contributed by atoms with Crippen LogP contribution in [0, 0.1) is 11.8 Å². The van der Waals surface area contributed by atoms with Crippen LogP contribution >= 0.6 is 0 Å². The van der Waals surface area contributed by atoms with Crippen molar-refractivity contribution in [1.82, 2.24) is 4.90 Å². The van der Waals surface area contributed by atoms with Crippen LogP contribution in [0.4, 0.5) is 11.4 Å². The van der Waals surface area contributed by atoms with Crippen molar-refractivity contribution in [2.24, 2.45) is 11.8 Å². The fourth-order valence-electron chi connectivity index (χ4n) is 3.28. The van der Waals surface area contributed by atoms with Gasteiger partial charge in [-0.05, 0) is 49.4 Å². The molecule has 5 nitrogen and oxygen atoms in total. The third-order valence-electron chi connectivity index (χ3n) is 4.30. The third-order valence-corrected chi connectivity index (χ3v) is 4.30. The molecule has 1 aliphatic heterocycles. The summed E-state index contributed by atoms with van der Waals surface area (Å²) in [5.74, 6) is 1.17. The van der Waals surface area contributed by atoms with Gasteiger partial charge in [0.2, 0.25) is 11.8 Å². The predicted octanol–water partition coefficient (Wildman–Crippen LogP) is 2.95. The van der Waals surface area contributed by atoms with Gasteiger partial charge in [-0.1, -0.05) is 13.8 Å². The molecule has 23 heavy (non-hydrogen) atoms. The van der Waals surface area contributed by atoms with E-state index in [0.29, 0.717) is 11.8 Å². The number of anilines is 2. The average Bonchev–Trinajstić information content (AvgIpc) is 2.47. The van der Waals surface area contributed by atoms with E-state index >= 15 is 0 Å². The summed E-state index contributed by atoms with van der Waals surface area (Å²) in [7, 11) is 0. The van der Waals surface area contributed by atoms with Gasteiger partial charge in [0.25, 0.3) is 0 Å². The highest BCUT2D eigenvalue weighted by molar-refractivity contribution is 5.95. The Kier molecular flexibility index (Phi) is 5.77. The number of carbonyl (C=O) groups excluding carboxylic acids is 2. The molecule has 0 bridgehead atoms. The number of hydrogen-bond donors (Lipinski definition) is 2. The predicted molar refractivity (Wildman–Crippen MR) is 93.4 cm³/mol. The van der Waals surface area contributed by atoms with Crippen molar-refractivity contribution < 1.29 is 9.59 Å². The molecular weight excluding hydrogens is 290 g/mol. The van der Waals surface area contributed by atoms with E-state index in [-0.39, 0.29) is 17.9 Å². The van der Waals surface area contributed by atoms with Crippen molar-refractivity contribution in [3.63, 3.8) is 0 Å². The maximum absolute atomic E-state index is 12.5. The molecule has 1 aromatic rings. The summed E-state index contributed by atoms with van der Waals surface area (Å²) in [4.78, 5) is 25.7. The van der Waals surface area contributed by atoms with Crippen LogP contribution in [0.25, 0.3) is 0 Å². The second-order valence-electron chi connectivity index (χ2n) is 6.82.